The van der Waals surface area contributed by atoms with Gasteiger partial charge in [0.15, 0.2) is 10.8 Å². The average Bonchev–Trinajstić information content (AvgIpc) is 2.82. The van der Waals surface area contributed by atoms with E-state index in [4.69, 9.17) is 24.3 Å². The molecule has 0 bridgehead atoms. The molecule has 1 aliphatic heterocycles. The van der Waals surface area contributed by atoms with Crippen molar-refractivity contribution in [3.05, 3.63) is 45.6 Å². The zero-order valence-corrected chi connectivity index (χ0v) is 16.7. The van der Waals surface area contributed by atoms with E-state index in [0.717, 1.165) is 23.5 Å². The van der Waals surface area contributed by atoms with Crippen molar-refractivity contribution in [1.82, 2.24) is 4.90 Å². The van der Waals surface area contributed by atoms with Gasteiger partial charge in [-0.25, -0.2) is 4.85 Å². The van der Waals surface area contributed by atoms with Crippen molar-refractivity contribution < 1.29 is 18.0 Å². The Morgan fingerprint density at radius 2 is 1.97 bits per heavy atom. The van der Waals surface area contributed by atoms with Crippen molar-refractivity contribution >= 4 is 34.6 Å². The second-order valence-electron chi connectivity index (χ2n) is 6.96. The zero-order valence-electron chi connectivity index (χ0n) is 15.9. The first-order valence-electron chi connectivity index (χ1n) is 8.81. The highest BCUT2D eigenvalue weighted by atomic mass is 32.1. The normalized spacial score (nSPS) is 16.0. The van der Waals surface area contributed by atoms with Gasteiger partial charge in [0.25, 0.3) is 5.91 Å². The summed E-state index contributed by atoms with van der Waals surface area (Å²) in [5.74, 6) is -0.430. The molecular formula is C18H19F3N6OS. The maximum Gasteiger partial charge on any atom is 0.407 e. The number of thiocarbonyl (C=S) groups is 1. The molecule has 154 valence electrons. The van der Waals surface area contributed by atoms with E-state index < -0.39 is 28.9 Å². The van der Waals surface area contributed by atoms with Crippen molar-refractivity contribution in [2.75, 3.05) is 18.0 Å². The second-order valence-corrected chi connectivity index (χ2v) is 7.33. The number of carbonyl (C=O) groups excluding carboxylic acids is 1. The van der Waals surface area contributed by atoms with Crippen molar-refractivity contribution in [2.24, 2.45) is 5.11 Å². The minimum Gasteiger partial charge on any atom is -0.334 e. The van der Waals surface area contributed by atoms with Crippen LogP contribution in [-0.2, 0) is 11.0 Å². The van der Waals surface area contributed by atoms with Crippen LogP contribution in [-0.4, -0.2) is 34.5 Å². The molecule has 0 saturated carbocycles. The van der Waals surface area contributed by atoms with Gasteiger partial charge in [0.1, 0.15) is 5.54 Å². The number of anilines is 1. The molecule has 0 spiro atoms. The number of hydrogen-bond acceptors (Lipinski definition) is 3. The van der Waals surface area contributed by atoms with Gasteiger partial charge in [-0.1, -0.05) is 17.6 Å². The molecule has 1 amide bonds. The van der Waals surface area contributed by atoms with Crippen LogP contribution in [0.1, 0.15) is 38.7 Å². The van der Waals surface area contributed by atoms with Crippen molar-refractivity contribution in [3.63, 3.8) is 0 Å². The van der Waals surface area contributed by atoms with Gasteiger partial charge in [-0.15, -0.1) is 0 Å². The molecule has 29 heavy (non-hydrogen) atoms. The molecule has 1 aliphatic rings. The largest absolute Gasteiger partial charge is 0.407 e. The molecule has 1 aromatic carbocycles. The third-order valence-corrected chi connectivity index (χ3v) is 5.09. The number of alkyl halides is 3. The summed E-state index contributed by atoms with van der Waals surface area (Å²) in [7, 11) is 0. The van der Waals surface area contributed by atoms with Crippen LogP contribution in [0.3, 0.4) is 0 Å². The number of halogens is 3. The number of benzene rings is 1. The Morgan fingerprint density at radius 3 is 2.55 bits per heavy atom. The summed E-state index contributed by atoms with van der Waals surface area (Å²) >= 11 is 5.41. The predicted octanol–water partition coefficient (Wildman–Crippen LogP) is 5.45. The van der Waals surface area contributed by atoms with Crippen LogP contribution in [0.15, 0.2) is 23.3 Å². The fourth-order valence-electron chi connectivity index (χ4n) is 3.10. The second kappa shape index (κ2) is 8.68. The highest BCUT2D eigenvalue weighted by Crippen LogP contribution is 2.40. The fraction of sp³-hybridized carbons (Fsp3) is 0.500. The molecule has 0 unspecified atom stereocenters. The average molecular weight is 424 g/mol. The molecule has 2 rings (SSSR count). The number of hydrogen-bond donors (Lipinski definition) is 0. The number of carbonyl (C=O) groups is 1. The molecule has 11 heteroatoms. The van der Waals surface area contributed by atoms with Crippen molar-refractivity contribution in [2.45, 2.75) is 44.8 Å². The Balaban J connectivity index is 2.26. The first-order valence-corrected chi connectivity index (χ1v) is 9.22. The maximum absolute atomic E-state index is 13.3. The van der Waals surface area contributed by atoms with E-state index in [1.165, 1.54) is 6.07 Å². The van der Waals surface area contributed by atoms with Crippen LogP contribution < -0.4 is 4.90 Å². The fourth-order valence-corrected chi connectivity index (χ4v) is 3.61. The third kappa shape index (κ3) is 4.60. The smallest absolute Gasteiger partial charge is 0.334 e. The van der Waals surface area contributed by atoms with Crippen LogP contribution in [0.4, 0.5) is 24.5 Å². The molecule has 7 nitrogen and oxygen atoms in total. The molecule has 0 N–H and O–H groups in total. The van der Waals surface area contributed by atoms with Crippen LogP contribution in [0, 0.1) is 6.57 Å². The summed E-state index contributed by atoms with van der Waals surface area (Å²) in [4.78, 5) is 21.3. The first kappa shape index (κ1) is 22.5. The molecule has 1 saturated heterocycles. The number of nitrogens with zero attached hydrogens (tertiary/aromatic N) is 6. The first-order chi connectivity index (χ1) is 13.6. The van der Waals surface area contributed by atoms with Gasteiger partial charge in [-0.2, -0.15) is 13.2 Å². The maximum atomic E-state index is 13.3. The Kier molecular flexibility index (Phi) is 6.72. The molecule has 0 aromatic heterocycles. The lowest BCUT2D eigenvalue weighted by Crippen LogP contribution is -2.44. The monoisotopic (exact) mass is 424 g/mol. The third-order valence-electron chi connectivity index (χ3n) is 4.69. The molecule has 1 heterocycles. The van der Waals surface area contributed by atoms with E-state index in [1.807, 2.05) is 0 Å². The molecule has 1 aromatic rings. The minimum absolute atomic E-state index is 0.0151. The SMILES string of the molecule is [C-]#[N+]c1ccc(N2C(=O)C(C)(C)N(CCCCCN=[N+]=[N-])C2=S)cc1C(F)(F)F. The highest BCUT2D eigenvalue weighted by Gasteiger charge is 2.49. The van der Waals surface area contributed by atoms with Crippen LogP contribution >= 0.6 is 12.2 Å². The van der Waals surface area contributed by atoms with Gasteiger partial charge in [-0.05, 0) is 56.6 Å². The Labute approximate surface area is 171 Å². The quantitative estimate of drug-likeness (QED) is 0.146. The predicted molar refractivity (Wildman–Crippen MR) is 106 cm³/mol. The Bertz CT molecular complexity index is 902. The van der Waals surface area contributed by atoms with Crippen LogP contribution in [0.25, 0.3) is 15.3 Å². The zero-order chi connectivity index (χ0) is 21.8. The summed E-state index contributed by atoms with van der Waals surface area (Å²) < 4.78 is 39.9. The van der Waals surface area contributed by atoms with Gasteiger partial charge in [-0.3, -0.25) is 9.69 Å². The highest BCUT2D eigenvalue weighted by molar-refractivity contribution is 7.80. The lowest BCUT2D eigenvalue weighted by Gasteiger charge is -2.29. The van der Waals surface area contributed by atoms with Gasteiger partial charge in [0.05, 0.1) is 12.1 Å². The molecule has 0 aliphatic carbocycles. The van der Waals surface area contributed by atoms with Gasteiger partial charge >= 0.3 is 6.18 Å². The lowest BCUT2D eigenvalue weighted by molar-refractivity contribution is -0.136. The van der Waals surface area contributed by atoms with E-state index in [9.17, 15) is 18.0 Å². The molecule has 0 atom stereocenters. The minimum atomic E-state index is -4.72. The van der Waals surface area contributed by atoms with Gasteiger partial charge in [0.2, 0.25) is 0 Å². The van der Waals surface area contributed by atoms with E-state index >= 15 is 0 Å². The molecular weight excluding hydrogens is 405 g/mol. The van der Waals surface area contributed by atoms with Crippen LogP contribution in [0.5, 0.6) is 0 Å². The summed E-state index contributed by atoms with van der Waals surface area (Å²) in [6.07, 6.45) is -2.60. The van der Waals surface area contributed by atoms with E-state index in [-0.39, 0.29) is 10.8 Å². The summed E-state index contributed by atoms with van der Waals surface area (Å²) in [6.45, 7) is 11.1. The number of amides is 1. The summed E-state index contributed by atoms with van der Waals surface area (Å²) in [5.41, 5.74) is 5.61. The summed E-state index contributed by atoms with van der Waals surface area (Å²) in [5, 5.41) is 3.58. The number of azide groups is 1. The number of unbranched alkanes of at least 4 members (excludes halogenated alkanes) is 2. The standard InChI is InChI=1S/C18H19F3N6OS/c1-17(2)15(28)27(16(29)26(17)10-6-4-5-9-24-25-22)12-7-8-14(23-3)13(11-12)18(19,20)21/h7-8,11H,4-6,9-10H2,1-2H3. The van der Waals surface area contributed by atoms with Crippen molar-refractivity contribution in [3.8, 4) is 0 Å². The summed E-state index contributed by atoms with van der Waals surface area (Å²) in [6, 6.07) is 3.13. The van der Waals surface area contributed by atoms with E-state index in [0.29, 0.717) is 25.9 Å². The van der Waals surface area contributed by atoms with Gasteiger partial charge < -0.3 is 4.90 Å². The topological polar surface area (TPSA) is 76.7 Å². The molecule has 0 radical (unpaired) electrons. The van der Waals surface area contributed by atoms with E-state index in [1.54, 1.807) is 18.7 Å². The molecule has 1 fully saturated rings. The Morgan fingerprint density at radius 1 is 1.28 bits per heavy atom. The van der Waals surface area contributed by atoms with Crippen LogP contribution in [0.2, 0.25) is 0 Å². The lowest BCUT2D eigenvalue weighted by atomic mass is 10.0. The Hall–Kier alpha value is -2.83. The van der Waals surface area contributed by atoms with Crippen molar-refractivity contribution in [1.29, 1.82) is 0 Å². The van der Waals surface area contributed by atoms with E-state index in [2.05, 4.69) is 14.9 Å². The van der Waals surface area contributed by atoms with Gasteiger partial charge in [0, 0.05) is 23.7 Å². The number of rotatable bonds is 7.